The predicted octanol–water partition coefficient (Wildman–Crippen LogP) is 5.28. The fourth-order valence-corrected chi connectivity index (χ4v) is 6.81. The lowest BCUT2D eigenvalue weighted by Crippen LogP contribution is -2.50. The van der Waals surface area contributed by atoms with E-state index in [1.807, 2.05) is 38.5 Å². The number of amides is 2. The summed E-state index contributed by atoms with van der Waals surface area (Å²) in [5.74, 6) is 0.994. The van der Waals surface area contributed by atoms with Gasteiger partial charge in [0.25, 0.3) is 5.91 Å². The van der Waals surface area contributed by atoms with E-state index >= 15 is 0 Å². The summed E-state index contributed by atoms with van der Waals surface area (Å²) in [5, 5.41) is 4.17. The van der Waals surface area contributed by atoms with Crippen LogP contribution in [-0.4, -0.2) is 68.2 Å². The van der Waals surface area contributed by atoms with Crippen molar-refractivity contribution < 1.29 is 18.7 Å². The van der Waals surface area contributed by atoms with Crippen molar-refractivity contribution in [1.82, 2.24) is 29.3 Å². The van der Waals surface area contributed by atoms with E-state index in [4.69, 9.17) is 20.4 Å². The Morgan fingerprint density at radius 3 is 2.64 bits per heavy atom. The monoisotopic (exact) mass is 617 g/mol. The Morgan fingerprint density at radius 1 is 1.11 bits per heavy atom. The van der Waals surface area contributed by atoms with Gasteiger partial charge in [-0.15, -0.1) is 0 Å². The number of nitrogens with two attached hydrogens (primary N) is 1. The molecule has 10 nitrogen and oxygen atoms in total. The number of aromatic nitrogens is 4. The van der Waals surface area contributed by atoms with Gasteiger partial charge >= 0.3 is 0 Å². The highest BCUT2D eigenvalue weighted by Crippen LogP contribution is 2.35. The first-order valence-corrected chi connectivity index (χ1v) is 16.0. The van der Waals surface area contributed by atoms with Gasteiger partial charge in [0.1, 0.15) is 23.1 Å². The van der Waals surface area contributed by atoms with Crippen LogP contribution >= 0.6 is 0 Å². The molecule has 2 bridgehead atoms. The van der Waals surface area contributed by atoms with Crippen LogP contribution in [0.4, 0.5) is 4.39 Å². The molecule has 0 spiro atoms. The topological polar surface area (TPSA) is 120 Å². The first-order chi connectivity index (χ1) is 21.5. The average molecular weight is 618 g/mol. The third kappa shape index (κ3) is 5.90. The van der Waals surface area contributed by atoms with E-state index in [0.29, 0.717) is 23.4 Å². The van der Waals surface area contributed by atoms with Crippen LogP contribution in [0.15, 0.2) is 30.3 Å². The average Bonchev–Trinajstić information content (AvgIpc) is 3.53. The van der Waals surface area contributed by atoms with Crippen molar-refractivity contribution in [2.45, 2.75) is 84.1 Å². The number of nitrogens with one attached hydrogen (secondary N) is 1. The normalized spacial score (nSPS) is 22.9. The Bertz CT molecular complexity index is 1750. The zero-order valence-corrected chi connectivity index (χ0v) is 26.9. The summed E-state index contributed by atoms with van der Waals surface area (Å²) in [7, 11) is 3.51. The van der Waals surface area contributed by atoms with Gasteiger partial charge in [0, 0.05) is 42.5 Å². The number of ether oxygens (including phenoxy) is 1. The molecule has 0 radical (unpaired) electrons. The molecule has 0 unspecified atom stereocenters. The van der Waals surface area contributed by atoms with E-state index in [-0.39, 0.29) is 30.8 Å². The fourth-order valence-electron chi connectivity index (χ4n) is 6.81. The SMILES string of the molecule is COc1cc(C(=O)N2C[C@H](N)C[C@@H](F)C2)cc2nc(-c3cc4ccc5nc4n3CCCCCCC(C)(C)C(=O)N[C@@H]5C)n(C)c12. The zero-order valence-electron chi connectivity index (χ0n) is 26.9. The van der Waals surface area contributed by atoms with Gasteiger partial charge in [0.2, 0.25) is 5.91 Å². The van der Waals surface area contributed by atoms with Gasteiger partial charge in [-0.05, 0) is 56.5 Å². The summed E-state index contributed by atoms with van der Waals surface area (Å²) in [4.78, 5) is 38.2. The molecule has 1 fully saturated rings. The molecule has 240 valence electrons. The lowest BCUT2D eigenvalue weighted by atomic mass is 9.85. The maximum atomic E-state index is 14.3. The molecule has 5 heterocycles. The van der Waals surface area contributed by atoms with Crippen molar-refractivity contribution >= 4 is 33.9 Å². The number of piperidine rings is 1. The molecular weight excluding hydrogens is 573 g/mol. The number of methoxy groups -OCH3 is 1. The molecule has 0 aliphatic carbocycles. The molecule has 2 amide bonds. The molecule has 3 aromatic heterocycles. The number of pyridine rings is 1. The molecule has 3 N–H and O–H groups in total. The highest BCUT2D eigenvalue weighted by molar-refractivity contribution is 6.00. The van der Waals surface area contributed by atoms with Crippen LogP contribution < -0.4 is 15.8 Å². The van der Waals surface area contributed by atoms with Crippen LogP contribution in [-0.2, 0) is 18.4 Å². The third-order valence-electron chi connectivity index (χ3n) is 9.45. The quantitative estimate of drug-likeness (QED) is 0.323. The zero-order chi connectivity index (χ0) is 32.0. The van der Waals surface area contributed by atoms with Gasteiger partial charge in [-0.3, -0.25) is 9.59 Å². The van der Waals surface area contributed by atoms with Gasteiger partial charge in [-0.1, -0.05) is 33.1 Å². The van der Waals surface area contributed by atoms with Gasteiger partial charge < -0.3 is 29.8 Å². The molecule has 0 saturated carbocycles. The highest BCUT2D eigenvalue weighted by Gasteiger charge is 2.31. The number of hydrogen-bond acceptors (Lipinski definition) is 6. The van der Waals surface area contributed by atoms with Crippen molar-refractivity contribution in [3.63, 3.8) is 0 Å². The van der Waals surface area contributed by atoms with E-state index in [2.05, 4.69) is 22.0 Å². The molecule has 11 heteroatoms. The number of rotatable bonds is 3. The lowest BCUT2D eigenvalue weighted by molar-refractivity contribution is -0.130. The summed E-state index contributed by atoms with van der Waals surface area (Å²) in [6.07, 6.45) is 3.99. The number of nitrogens with zero attached hydrogens (tertiary/aromatic N) is 5. The number of alkyl halides is 1. The van der Waals surface area contributed by atoms with E-state index in [1.54, 1.807) is 19.2 Å². The summed E-state index contributed by atoms with van der Waals surface area (Å²) < 4.78 is 24.3. The standard InChI is InChI=1S/C34H44FN7O3/c1-20-25-11-10-21-15-27(42(30(21)38-25)13-9-7-6-8-12-34(2,3)33(44)37-20)31-39-26-14-22(16-28(45-5)29(26)40(31)4)32(43)41-18-23(35)17-24(36)19-41/h10-11,14-16,20,23-24H,6-9,12-13,17-19,36H2,1-5H3,(H,37,44)/t20-,23-,24-/m1/s1. The number of imidazole rings is 1. The molecule has 2 aliphatic heterocycles. The summed E-state index contributed by atoms with van der Waals surface area (Å²) in [6, 6.07) is 8.96. The third-order valence-corrected chi connectivity index (χ3v) is 9.45. The largest absolute Gasteiger partial charge is 0.494 e. The van der Waals surface area contributed by atoms with Crippen LogP contribution in [0.1, 0.15) is 81.4 Å². The fraction of sp³-hybridized carbons (Fsp3) is 0.529. The van der Waals surface area contributed by atoms with Crippen LogP contribution in [0.25, 0.3) is 33.6 Å². The van der Waals surface area contributed by atoms with Crippen LogP contribution in [0.5, 0.6) is 5.75 Å². The molecule has 3 atom stereocenters. The van der Waals surface area contributed by atoms with E-state index in [1.165, 1.54) is 4.90 Å². The van der Waals surface area contributed by atoms with Crippen molar-refractivity contribution in [3.05, 3.63) is 41.6 Å². The number of likely N-dealkylation sites (tertiary alicyclic amines) is 1. The Hall–Kier alpha value is -3.99. The molecule has 6 rings (SSSR count). The summed E-state index contributed by atoms with van der Waals surface area (Å²) in [5.41, 5.74) is 9.91. The Kier molecular flexibility index (Phi) is 8.32. The number of fused-ring (bicyclic) bond motifs is 2. The van der Waals surface area contributed by atoms with Gasteiger partial charge in [-0.2, -0.15) is 0 Å². The number of aryl methyl sites for hydroxylation is 2. The van der Waals surface area contributed by atoms with Gasteiger partial charge in [0.15, 0.2) is 5.82 Å². The number of hydrogen-bond donors (Lipinski definition) is 2. The molecule has 1 aromatic carbocycles. The van der Waals surface area contributed by atoms with Crippen molar-refractivity contribution in [2.75, 3.05) is 20.2 Å². The Balaban J connectivity index is 1.43. The smallest absolute Gasteiger partial charge is 0.254 e. The second kappa shape index (κ2) is 12.1. The highest BCUT2D eigenvalue weighted by atomic mass is 19.1. The predicted molar refractivity (Wildman–Crippen MR) is 173 cm³/mol. The molecule has 4 aromatic rings. The van der Waals surface area contributed by atoms with Gasteiger partial charge in [0.05, 0.1) is 36.6 Å². The van der Waals surface area contributed by atoms with Crippen LogP contribution in [0, 0.1) is 5.41 Å². The molecule has 1 saturated heterocycles. The number of carbonyl (C=O) groups is 2. The van der Waals surface area contributed by atoms with Crippen molar-refractivity contribution in [3.8, 4) is 17.3 Å². The summed E-state index contributed by atoms with van der Waals surface area (Å²) >= 11 is 0. The first kappa shape index (κ1) is 31.0. The molecule has 45 heavy (non-hydrogen) atoms. The first-order valence-electron chi connectivity index (χ1n) is 16.0. The second-order valence-electron chi connectivity index (χ2n) is 13.4. The van der Waals surface area contributed by atoms with Crippen LogP contribution in [0.2, 0.25) is 0 Å². The maximum absolute atomic E-state index is 14.3. The minimum Gasteiger partial charge on any atom is -0.494 e. The number of carbonyl (C=O) groups excluding carboxylic acids is 2. The summed E-state index contributed by atoms with van der Waals surface area (Å²) in [6.45, 7) is 7.11. The molecule has 2 aliphatic rings. The second-order valence-corrected chi connectivity index (χ2v) is 13.4. The Labute approximate surface area is 263 Å². The van der Waals surface area contributed by atoms with E-state index in [9.17, 15) is 14.0 Å². The molecular formula is C34H44FN7O3. The Morgan fingerprint density at radius 2 is 1.89 bits per heavy atom. The number of halogens is 1. The van der Waals surface area contributed by atoms with Crippen LogP contribution in [0.3, 0.4) is 0 Å². The van der Waals surface area contributed by atoms with E-state index in [0.717, 1.165) is 72.4 Å². The van der Waals surface area contributed by atoms with Crippen molar-refractivity contribution in [2.24, 2.45) is 18.2 Å². The number of benzene rings is 1. The van der Waals surface area contributed by atoms with Crippen molar-refractivity contribution in [1.29, 1.82) is 0 Å². The van der Waals surface area contributed by atoms with E-state index < -0.39 is 17.6 Å². The maximum Gasteiger partial charge on any atom is 0.254 e. The van der Waals surface area contributed by atoms with Gasteiger partial charge in [-0.25, -0.2) is 14.4 Å². The minimum absolute atomic E-state index is 0.0233. The lowest BCUT2D eigenvalue weighted by Gasteiger charge is -2.33. The minimum atomic E-state index is -1.14.